The molecule has 0 aromatic rings. The van der Waals surface area contributed by atoms with Gasteiger partial charge in [0.15, 0.2) is 0 Å². The van der Waals surface area contributed by atoms with E-state index in [0.29, 0.717) is 5.54 Å². The van der Waals surface area contributed by atoms with Gasteiger partial charge in [-0.2, -0.15) is 0 Å². The van der Waals surface area contributed by atoms with Crippen LogP contribution in [-0.2, 0) is 0 Å². The minimum absolute atomic E-state index is 0.327. The number of hydrogen-bond donors (Lipinski definition) is 0. The summed E-state index contributed by atoms with van der Waals surface area (Å²) in [6.45, 7) is 8.66. The second-order valence-electron chi connectivity index (χ2n) is 3.73. The molecule has 0 amide bonds. The Balaban J connectivity index is 2.51. The first-order chi connectivity index (χ1) is 4.58. The Hall–Kier alpha value is -0.330. The summed E-state index contributed by atoms with van der Waals surface area (Å²) in [6.07, 6.45) is 2.59. The Morgan fingerprint density at radius 3 is 2.50 bits per heavy atom. The molecule has 1 rings (SSSR count). The van der Waals surface area contributed by atoms with E-state index in [1.54, 1.807) is 0 Å². The predicted octanol–water partition coefficient (Wildman–Crippen LogP) is 2.66. The van der Waals surface area contributed by atoms with Gasteiger partial charge in [-0.15, -0.1) is 0 Å². The molecule has 1 aliphatic carbocycles. The lowest BCUT2D eigenvalue weighted by molar-refractivity contribution is 0.634. The zero-order valence-corrected chi connectivity index (χ0v) is 7.44. The summed E-state index contributed by atoms with van der Waals surface area (Å²) >= 11 is 0. The number of rotatable bonds is 2. The summed E-state index contributed by atoms with van der Waals surface area (Å²) in [5.74, 6) is 0.863. The first-order valence-electron chi connectivity index (χ1n) is 4.11. The molecule has 2 atom stereocenters. The van der Waals surface area contributed by atoms with Crippen molar-refractivity contribution in [3.63, 3.8) is 0 Å². The Kier molecular flexibility index (Phi) is 1.84. The predicted molar refractivity (Wildman–Crippen MR) is 45.6 cm³/mol. The molecule has 0 bridgehead atoms. The van der Waals surface area contributed by atoms with Crippen LogP contribution in [0.2, 0.25) is 0 Å². The quantitative estimate of drug-likeness (QED) is 0.521. The molecule has 1 aliphatic rings. The minimum Gasteiger partial charge on any atom is -0.288 e. The second kappa shape index (κ2) is 2.37. The molecule has 58 valence electrons. The van der Waals surface area contributed by atoms with Crippen LogP contribution in [-0.4, -0.2) is 11.3 Å². The van der Waals surface area contributed by atoms with Gasteiger partial charge in [0.05, 0.1) is 5.54 Å². The highest BCUT2D eigenvalue weighted by molar-refractivity contribution is 5.79. The largest absolute Gasteiger partial charge is 0.288 e. The molecule has 0 radical (unpaired) electrons. The van der Waals surface area contributed by atoms with Crippen LogP contribution in [0, 0.1) is 5.92 Å². The van der Waals surface area contributed by atoms with Crippen LogP contribution in [0.25, 0.3) is 0 Å². The van der Waals surface area contributed by atoms with Crippen LogP contribution >= 0.6 is 0 Å². The maximum Gasteiger partial charge on any atom is 0.0611 e. The smallest absolute Gasteiger partial charge is 0.0611 e. The molecule has 0 aromatic heterocycles. The third kappa shape index (κ3) is 1.39. The van der Waals surface area contributed by atoms with E-state index in [1.165, 1.54) is 18.6 Å². The third-order valence-electron chi connectivity index (χ3n) is 2.35. The van der Waals surface area contributed by atoms with Crippen molar-refractivity contribution in [2.24, 2.45) is 10.9 Å². The van der Waals surface area contributed by atoms with Gasteiger partial charge < -0.3 is 0 Å². The van der Waals surface area contributed by atoms with Crippen LogP contribution in [0.4, 0.5) is 0 Å². The van der Waals surface area contributed by atoms with Crippen LogP contribution < -0.4 is 0 Å². The lowest BCUT2D eigenvalue weighted by Gasteiger charge is -2.03. The van der Waals surface area contributed by atoms with E-state index in [-0.39, 0.29) is 0 Å². The fourth-order valence-electron chi connectivity index (χ4n) is 1.67. The van der Waals surface area contributed by atoms with Crippen molar-refractivity contribution < 1.29 is 0 Å². The molecule has 1 fully saturated rings. The lowest BCUT2D eigenvalue weighted by Crippen LogP contribution is -2.03. The Labute approximate surface area is 63.5 Å². The molecule has 0 heterocycles. The number of hydrogen-bond acceptors (Lipinski definition) is 1. The molecule has 1 saturated carbocycles. The summed E-state index contributed by atoms with van der Waals surface area (Å²) in [7, 11) is 0. The van der Waals surface area contributed by atoms with Gasteiger partial charge in [-0.05, 0) is 33.1 Å². The van der Waals surface area contributed by atoms with E-state index in [4.69, 9.17) is 0 Å². The van der Waals surface area contributed by atoms with Crippen LogP contribution in [0.15, 0.2) is 4.99 Å². The summed E-state index contributed by atoms with van der Waals surface area (Å²) in [6, 6.07) is 0. The van der Waals surface area contributed by atoms with Gasteiger partial charge in [0.25, 0.3) is 0 Å². The van der Waals surface area contributed by atoms with E-state index in [9.17, 15) is 0 Å². The van der Waals surface area contributed by atoms with E-state index in [0.717, 1.165) is 5.92 Å². The Morgan fingerprint density at radius 2 is 2.20 bits per heavy atom. The first kappa shape index (κ1) is 7.77. The molecule has 10 heavy (non-hydrogen) atoms. The van der Waals surface area contributed by atoms with Crippen molar-refractivity contribution in [3.8, 4) is 0 Å². The van der Waals surface area contributed by atoms with Gasteiger partial charge >= 0.3 is 0 Å². The zero-order valence-electron chi connectivity index (χ0n) is 7.44. The van der Waals surface area contributed by atoms with Crippen LogP contribution in [0.1, 0.15) is 40.5 Å². The normalized spacial score (nSPS) is 37.4. The van der Waals surface area contributed by atoms with E-state index in [1.807, 2.05) is 0 Å². The lowest BCUT2D eigenvalue weighted by atomic mass is 10.2. The molecule has 0 N–H and O–H groups in total. The van der Waals surface area contributed by atoms with Gasteiger partial charge in [0.1, 0.15) is 0 Å². The molecule has 1 nitrogen and oxygen atoms in total. The van der Waals surface area contributed by atoms with E-state index < -0.39 is 0 Å². The average molecular weight is 139 g/mol. The summed E-state index contributed by atoms with van der Waals surface area (Å²) in [4.78, 5) is 4.59. The molecule has 0 aromatic carbocycles. The summed E-state index contributed by atoms with van der Waals surface area (Å²) < 4.78 is 0. The van der Waals surface area contributed by atoms with Gasteiger partial charge in [0.2, 0.25) is 0 Å². The number of nitrogens with zero attached hydrogens (tertiary/aromatic N) is 1. The third-order valence-corrected chi connectivity index (χ3v) is 2.35. The fourth-order valence-corrected chi connectivity index (χ4v) is 1.67. The molecule has 0 saturated heterocycles. The first-order valence-corrected chi connectivity index (χ1v) is 4.11. The molecule has 0 spiro atoms. The highest BCUT2D eigenvalue weighted by atomic mass is 14.9. The van der Waals surface area contributed by atoms with Crippen molar-refractivity contribution in [3.05, 3.63) is 0 Å². The van der Waals surface area contributed by atoms with Crippen molar-refractivity contribution in [1.29, 1.82) is 0 Å². The van der Waals surface area contributed by atoms with E-state index >= 15 is 0 Å². The molecule has 1 heteroatoms. The summed E-state index contributed by atoms with van der Waals surface area (Å²) in [5, 5.41) is 0. The fraction of sp³-hybridized carbons (Fsp3) is 0.889. The van der Waals surface area contributed by atoms with Crippen molar-refractivity contribution in [2.45, 2.75) is 46.1 Å². The maximum atomic E-state index is 4.59. The number of aliphatic imine (C=N–C) groups is 1. The molecule has 2 unspecified atom stereocenters. The van der Waals surface area contributed by atoms with Crippen molar-refractivity contribution in [2.75, 3.05) is 0 Å². The maximum absolute atomic E-state index is 4.59. The van der Waals surface area contributed by atoms with Crippen molar-refractivity contribution in [1.82, 2.24) is 0 Å². The highest BCUT2D eigenvalue weighted by Gasteiger charge is 2.48. The molecular formula is C9H17N. The molecule has 0 aliphatic heterocycles. The highest BCUT2D eigenvalue weighted by Crippen LogP contribution is 2.48. The van der Waals surface area contributed by atoms with Gasteiger partial charge in [0, 0.05) is 5.71 Å². The van der Waals surface area contributed by atoms with Gasteiger partial charge in [-0.25, -0.2) is 0 Å². The van der Waals surface area contributed by atoms with Gasteiger partial charge in [-0.1, -0.05) is 13.3 Å². The Bertz CT molecular complexity index is 156. The van der Waals surface area contributed by atoms with Gasteiger partial charge in [-0.3, -0.25) is 4.99 Å². The summed E-state index contributed by atoms with van der Waals surface area (Å²) in [5.41, 5.74) is 1.55. The monoisotopic (exact) mass is 139 g/mol. The topological polar surface area (TPSA) is 12.4 Å². The zero-order chi connectivity index (χ0) is 7.78. The Morgan fingerprint density at radius 1 is 1.60 bits per heavy atom. The van der Waals surface area contributed by atoms with Crippen LogP contribution in [0.3, 0.4) is 0 Å². The second-order valence-corrected chi connectivity index (χ2v) is 3.73. The molecular weight excluding hydrogens is 122 g/mol. The SMILES string of the molecule is CCC1CC1(C)N=C(C)C. The standard InChI is InChI=1S/C9H17N/c1-5-8-6-9(8,4)10-7(2)3/h8H,5-6H2,1-4H3. The minimum atomic E-state index is 0.327. The van der Waals surface area contributed by atoms with Crippen molar-refractivity contribution >= 4 is 5.71 Å². The average Bonchev–Trinajstić information content (AvgIpc) is 2.39. The van der Waals surface area contributed by atoms with E-state index in [2.05, 4.69) is 32.7 Å². The van der Waals surface area contributed by atoms with Crippen LogP contribution in [0.5, 0.6) is 0 Å².